The van der Waals surface area contributed by atoms with Gasteiger partial charge in [-0.1, -0.05) is 36.2 Å². The number of ether oxygens (including phenoxy) is 1. The maximum absolute atomic E-state index is 12.8. The fraction of sp³-hybridized carbons (Fsp3) is 0.364. The van der Waals surface area contributed by atoms with Crippen molar-refractivity contribution in [3.05, 3.63) is 58.1 Å². The molecular formula is C22H24Cl2N2O5S. The third-order valence-corrected chi connectivity index (χ3v) is 8.06. The second-order valence-electron chi connectivity index (χ2n) is 7.75. The molecule has 3 rings (SSSR count). The highest BCUT2D eigenvalue weighted by atomic mass is 35.5. The lowest BCUT2D eigenvalue weighted by Crippen LogP contribution is -2.37. The highest BCUT2D eigenvalue weighted by molar-refractivity contribution is 7.89. The number of sulfonamides is 1. The molecule has 1 amide bonds. The number of esters is 1. The zero-order valence-electron chi connectivity index (χ0n) is 17.7. The normalized spacial score (nSPS) is 16.4. The van der Waals surface area contributed by atoms with E-state index in [1.165, 1.54) is 35.5 Å². The first-order chi connectivity index (χ1) is 15.1. The molecule has 7 nitrogen and oxygen atoms in total. The zero-order chi connectivity index (χ0) is 23.5. The van der Waals surface area contributed by atoms with Gasteiger partial charge >= 0.3 is 5.97 Å². The Morgan fingerprint density at radius 1 is 1.09 bits per heavy atom. The molecule has 1 saturated heterocycles. The van der Waals surface area contributed by atoms with Crippen molar-refractivity contribution in [1.29, 1.82) is 0 Å². The van der Waals surface area contributed by atoms with Gasteiger partial charge in [-0.05, 0) is 62.1 Å². The molecule has 0 saturated carbocycles. The van der Waals surface area contributed by atoms with E-state index < -0.39 is 28.0 Å². The Morgan fingerprint density at radius 2 is 1.72 bits per heavy atom. The van der Waals surface area contributed by atoms with Crippen LogP contribution in [-0.4, -0.2) is 43.8 Å². The standard InChI is InChI=1S/C22H24Cl2N2O5S/c1-14-10-12-26(13-11-14)32(29,30)17-8-6-16(7-9-17)22(28)31-15(2)21(27)25-19-5-3-4-18(23)20(19)24/h3-9,14-15H,10-13H2,1-2H3,(H,25,27). The number of halogens is 2. The molecule has 0 radical (unpaired) electrons. The Bertz CT molecular complexity index is 1100. The van der Waals surface area contributed by atoms with Crippen molar-refractivity contribution in [1.82, 2.24) is 4.31 Å². The number of carbonyl (C=O) groups excluding carboxylic acids is 2. The summed E-state index contributed by atoms with van der Waals surface area (Å²) in [6.07, 6.45) is 0.532. The number of hydrogen-bond donors (Lipinski definition) is 1. The lowest BCUT2D eigenvalue weighted by Gasteiger charge is -2.29. The highest BCUT2D eigenvalue weighted by Gasteiger charge is 2.28. The van der Waals surface area contributed by atoms with Crippen LogP contribution in [0.5, 0.6) is 0 Å². The summed E-state index contributed by atoms with van der Waals surface area (Å²) in [6.45, 7) is 4.49. The number of piperidine rings is 1. The van der Waals surface area contributed by atoms with Crippen LogP contribution in [0.3, 0.4) is 0 Å². The molecule has 1 fully saturated rings. The van der Waals surface area contributed by atoms with Gasteiger partial charge in [0.2, 0.25) is 10.0 Å². The monoisotopic (exact) mass is 498 g/mol. The summed E-state index contributed by atoms with van der Waals surface area (Å²) >= 11 is 12.0. The topological polar surface area (TPSA) is 92.8 Å². The molecular weight excluding hydrogens is 475 g/mol. The molecule has 2 aromatic carbocycles. The summed E-state index contributed by atoms with van der Waals surface area (Å²) in [4.78, 5) is 24.9. The average Bonchev–Trinajstić information content (AvgIpc) is 2.77. The molecule has 0 bridgehead atoms. The maximum Gasteiger partial charge on any atom is 0.338 e. The second-order valence-corrected chi connectivity index (χ2v) is 10.5. The molecule has 1 N–H and O–H groups in total. The summed E-state index contributed by atoms with van der Waals surface area (Å²) in [6, 6.07) is 10.3. The molecule has 10 heteroatoms. The molecule has 2 aromatic rings. The minimum atomic E-state index is -3.61. The fourth-order valence-corrected chi connectivity index (χ4v) is 5.07. The molecule has 1 heterocycles. The lowest BCUT2D eigenvalue weighted by molar-refractivity contribution is -0.123. The van der Waals surface area contributed by atoms with Gasteiger partial charge in [0.15, 0.2) is 6.10 Å². The Balaban J connectivity index is 1.63. The Kier molecular flexibility index (Phi) is 7.82. The van der Waals surface area contributed by atoms with E-state index in [1.807, 2.05) is 0 Å². The first-order valence-electron chi connectivity index (χ1n) is 10.2. The van der Waals surface area contributed by atoms with Crippen LogP contribution in [0.15, 0.2) is 47.4 Å². The third-order valence-electron chi connectivity index (χ3n) is 5.33. The van der Waals surface area contributed by atoms with E-state index in [1.54, 1.807) is 18.2 Å². The quantitative estimate of drug-likeness (QED) is 0.587. The first-order valence-corrected chi connectivity index (χ1v) is 12.3. The Hall–Kier alpha value is -2.13. The molecule has 172 valence electrons. The van der Waals surface area contributed by atoms with Crippen LogP contribution in [0.2, 0.25) is 10.0 Å². The van der Waals surface area contributed by atoms with E-state index in [-0.39, 0.29) is 20.5 Å². The molecule has 1 atom stereocenters. The Labute approximate surface area is 197 Å². The van der Waals surface area contributed by atoms with Gasteiger partial charge in [0.25, 0.3) is 5.91 Å². The van der Waals surface area contributed by atoms with Crippen molar-refractivity contribution in [2.24, 2.45) is 5.92 Å². The predicted molar refractivity (Wildman–Crippen MR) is 124 cm³/mol. The van der Waals surface area contributed by atoms with Crippen molar-refractivity contribution < 1.29 is 22.7 Å². The minimum Gasteiger partial charge on any atom is -0.449 e. The van der Waals surface area contributed by atoms with Crippen molar-refractivity contribution in [3.8, 4) is 0 Å². The molecule has 0 aliphatic carbocycles. The maximum atomic E-state index is 12.8. The van der Waals surface area contributed by atoms with Gasteiger partial charge in [0, 0.05) is 13.1 Å². The first kappa shape index (κ1) is 24.5. The van der Waals surface area contributed by atoms with Gasteiger partial charge in [0.1, 0.15) is 0 Å². The second kappa shape index (κ2) is 10.2. The number of rotatable bonds is 6. The third kappa shape index (κ3) is 5.61. The number of carbonyl (C=O) groups is 2. The number of anilines is 1. The van der Waals surface area contributed by atoms with Crippen molar-refractivity contribution in [2.75, 3.05) is 18.4 Å². The average molecular weight is 499 g/mol. The van der Waals surface area contributed by atoms with Gasteiger partial charge in [0.05, 0.1) is 26.2 Å². The van der Waals surface area contributed by atoms with E-state index in [0.29, 0.717) is 24.7 Å². The van der Waals surface area contributed by atoms with E-state index in [2.05, 4.69) is 12.2 Å². The van der Waals surface area contributed by atoms with Gasteiger partial charge < -0.3 is 10.1 Å². The van der Waals surface area contributed by atoms with Crippen LogP contribution in [0.25, 0.3) is 0 Å². The smallest absolute Gasteiger partial charge is 0.338 e. The summed E-state index contributed by atoms with van der Waals surface area (Å²) in [5, 5.41) is 3.02. The summed E-state index contributed by atoms with van der Waals surface area (Å²) in [5.41, 5.74) is 0.436. The zero-order valence-corrected chi connectivity index (χ0v) is 20.0. The highest BCUT2D eigenvalue weighted by Crippen LogP contribution is 2.29. The minimum absolute atomic E-state index is 0.116. The van der Waals surface area contributed by atoms with Crippen molar-refractivity contribution in [3.63, 3.8) is 0 Å². The van der Waals surface area contributed by atoms with E-state index >= 15 is 0 Å². The van der Waals surface area contributed by atoms with Crippen molar-refractivity contribution in [2.45, 2.75) is 37.7 Å². The molecule has 0 spiro atoms. The summed E-state index contributed by atoms with van der Waals surface area (Å²) < 4.78 is 32.3. The molecule has 1 aliphatic heterocycles. The molecule has 1 aliphatic rings. The number of amides is 1. The Morgan fingerprint density at radius 3 is 2.34 bits per heavy atom. The molecule has 1 unspecified atom stereocenters. The van der Waals surface area contributed by atoms with E-state index in [9.17, 15) is 18.0 Å². The van der Waals surface area contributed by atoms with Crippen LogP contribution in [0.4, 0.5) is 5.69 Å². The summed E-state index contributed by atoms with van der Waals surface area (Å²) in [5.74, 6) is -0.825. The lowest BCUT2D eigenvalue weighted by atomic mass is 10.0. The number of nitrogens with zero attached hydrogens (tertiary/aromatic N) is 1. The van der Waals surface area contributed by atoms with Crippen molar-refractivity contribution >= 4 is 50.8 Å². The van der Waals surface area contributed by atoms with Gasteiger partial charge in [-0.25, -0.2) is 13.2 Å². The van der Waals surface area contributed by atoms with Crippen LogP contribution in [-0.2, 0) is 19.6 Å². The van der Waals surface area contributed by atoms with Crippen LogP contribution in [0, 0.1) is 5.92 Å². The SMILES string of the molecule is CC1CCN(S(=O)(=O)c2ccc(C(=O)OC(C)C(=O)Nc3cccc(Cl)c3Cl)cc2)CC1. The molecule has 0 aromatic heterocycles. The predicted octanol–water partition coefficient (Wildman–Crippen LogP) is 4.60. The number of hydrogen-bond acceptors (Lipinski definition) is 5. The number of benzene rings is 2. The van der Waals surface area contributed by atoms with Gasteiger partial charge in [-0.15, -0.1) is 0 Å². The molecule has 32 heavy (non-hydrogen) atoms. The van der Waals surface area contributed by atoms with Gasteiger partial charge in [-0.3, -0.25) is 4.79 Å². The van der Waals surface area contributed by atoms with E-state index in [0.717, 1.165) is 12.8 Å². The fourth-order valence-electron chi connectivity index (χ4n) is 3.25. The van der Waals surface area contributed by atoms with Crippen LogP contribution < -0.4 is 5.32 Å². The summed E-state index contributed by atoms with van der Waals surface area (Å²) in [7, 11) is -3.61. The van der Waals surface area contributed by atoms with Gasteiger partial charge in [-0.2, -0.15) is 4.31 Å². The van der Waals surface area contributed by atoms with Crippen LogP contribution in [0.1, 0.15) is 37.0 Å². The van der Waals surface area contributed by atoms with E-state index in [4.69, 9.17) is 27.9 Å². The largest absolute Gasteiger partial charge is 0.449 e. The van der Waals surface area contributed by atoms with Crippen LogP contribution >= 0.6 is 23.2 Å². The number of nitrogens with one attached hydrogen (secondary N) is 1.